The lowest BCUT2D eigenvalue weighted by Crippen LogP contribution is -2.34. The van der Waals surface area contributed by atoms with E-state index in [-0.39, 0.29) is 0 Å². The van der Waals surface area contributed by atoms with Crippen LogP contribution >= 0.6 is 0 Å². The molecule has 5 aromatic rings. The van der Waals surface area contributed by atoms with Crippen LogP contribution in [0.2, 0.25) is 0 Å². The van der Waals surface area contributed by atoms with Gasteiger partial charge in [-0.1, -0.05) is 36.4 Å². The third-order valence-electron chi connectivity index (χ3n) is 7.26. The molecule has 2 aliphatic rings. The molecule has 39 heavy (non-hydrogen) atoms. The van der Waals surface area contributed by atoms with Crippen molar-refractivity contribution in [2.75, 3.05) is 11.4 Å². The molecule has 0 saturated carbocycles. The van der Waals surface area contributed by atoms with Crippen LogP contribution in [0.1, 0.15) is 5.56 Å². The van der Waals surface area contributed by atoms with E-state index in [1.807, 2.05) is 85.1 Å². The van der Waals surface area contributed by atoms with Gasteiger partial charge < -0.3 is 15.4 Å². The number of hydroxylamine groups is 1. The predicted octanol–water partition coefficient (Wildman–Crippen LogP) is 7.59. The van der Waals surface area contributed by atoms with Gasteiger partial charge in [-0.15, -0.1) is 0 Å². The molecule has 4 aromatic carbocycles. The highest BCUT2D eigenvalue weighted by Crippen LogP contribution is 2.55. The van der Waals surface area contributed by atoms with Gasteiger partial charge in [0.25, 0.3) is 0 Å². The van der Waals surface area contributed by atoms with E-state index >= 15 is 0 Å². The monoisotopic (exact) mass is 507 g/mol. The van der Waals surface area contributed by atoms with E-state index in [0.29, 0.717) is 17.9 Å². The molecule has 1 atom stereocenters. The Bertz CT molecular complexity index is 1660. The van der Waals surface area contributed by atoms with E-state index < -0.39 is 4.65 Å². The van der Waals surface area contributed by atoms with E-state index in [2.05, 4.69) is 50.5 Å². The predicted molar refractivity (Wildman–Crippen MR) is 157 cm³/mol. The zero-order valence-electron chi connectivity index (χ0n) is 21.1. The molecular weight excluding hydrogens is 482 g/mol. The number of dihydropyridines is 1. The van der Waals surface area contributed by atoms with Crippen molar-refractivity contribution >= 4 is 34.0 Å². The highest BCUT2D eigenvalue weighted by atomic mass is 16.5. The van der Waals surface area contributed by atoms with Crippen LogP contribution in [0, 0.1) is 5.21 Å². The van der Waals surface area contributed by atoms with Crippen LogP contribution in [0.3, 0.4) is 0 Å². The summed E-state index contributed by atoms with van der Waals surface area (Å²) in [6.45, 7) is 0.611. The Morgan fingerprint density at radius 1 is 0.769 bits per heavy atom. The van der Waals surface area contributed by atoms with Crippen molar-refractivity contribution in [2.24, 2.45) is 0 Å². The lowest BCUT2D eigenvalue weighted by atomic mass is 10.0. The summed E-state index contributed by atoms with van der Waals surface area (Å²) in [5.74, 6) is 0. The largest absolute Gasteiger partial charge is 0.616 e. The minimum Gasteiger partial charge on any atom is -0.616 e. The Kier molecular flexibility index (Phi) is 5.55. The number of hydrogen-bond acceptors (Lipinski definition) is 5. The first-order valence-electron chi connectivity index (χ1n) is 12.9. The maximum Gasteiger partial charge on any atom is 0.151 e. The average Bonchev–Trinajstić information content (AvgIpc) is 3.27. The second-order valence-corrected chi connectivity index (χ2v) is 9.51. The number of benzene rings is 4. The van der Waals surface area contributed by atoms with Gasteiger partial charge in [0.2, 0.25) is 0 Å². The molecule has 0 aliphatic carbocycles. The number of rotatable bonds is 5. The molecule has 188 valence electrons. The van der Waals surface area contributed by atoms with Crippen molar-refractivity contribution in [1.29, 1.82) is 0 Å². The van der Waals surface area contributed by atoms with Gasteiger partial charge in [-0.25, -0.2) is 0 Å². The zero-order chi connectivity index (χ0) is 26.2. The van der Waals surface area contributed by atoms with Gasteiger partial charge in [0.15, 0.2) is 5.69 Å². The van der Waals surface area contributed by atoms with Crippen molar-refractivity contribution in [3.8, 4) is 11.3 Å². The second-order valence-electron chi connectivity index (χ2n) is 9.51. The molecule has 1 aromatic heterocycles. The summed E-state index contributed by atoms with van der Waals surface area (Å²) in [5.41, 5.74) is 8.72. The summed E-state index contributed by atoms with van der Waals surface area (Å²) < 4.78 is -0.638. The van der Waals surface area contributed by atoms with E-state index in [1.165, 1.54) is 0 Å². The van der Waals surface area contributed by atoms with Crippen LogP contribution in [0.15, 0.2) is 140 Å². The van der Waals surface area contributed by atoms with E-state index in [1.54, 1.807) is 18.6 Å². The summed E-state index contributed by atoms with van der Waals surface area (Å²) in [7, 11) is 0. The number of aromatic nitrogens is 2. The topological polar surface area (TPSA) is 64.1 Å². The number of para-hydroxylation sites is 2. The standard InChI is InChI=1S/C33H25N5O/c39-38(28-14-11-24(12-15-28)31-23-35-19-20-36-31)32-16-13-27(21-29(32)30-22-34-18-17-33(30)38)37(25-7-3-1-4-8-25)26-9-5-2-6-10-26/h1-17,19-23,34H,18H2. The number of nitrogens with one attached hydrogen (secondary N) is 1. The maximum atomic E-state index is 14.9. The Hall–Kier alpha value is -5.04. The molecule has 1 unspecified atom stereocenters. The molecule has 0 spiro atoms. The highest BCUT2D eigenvalue weighted by molar-refractivity contribution is 5.99. The molecule has 0 fully saturated rings. The minimum atomic E-state index is -0.638. The summed E-state index contributed by atoms with van der Waals surface area (Å²) in [4.78, 5) is 10.8. The van der Waals surface area contributed by atoms with Gasteiger partial charge in [-0.05, 0) is 54.6 Å². The van der Waals surface area contributed by atoms with Crippen LogP contribution in [-0.4, -0.2) is 16.5 Å². The molecule has 1 N–H and O–H groups in total. The Labute approximate surface area is 227 Å². The number of fused-ring (bicyclic) bond motifs is 3. The summed E-state index contributed by atoms with van der Waals surface area (Å²) in [6.07, 6.45) is 9.03. The first-order chi connectivity index (χ1) is 19.2. The first-order valence-corrected chi connectivity index (χ1v) is 12.9. The van der Waals surface area contributed by atoms with E-state index in [4.69, 9.17) is 0 Å². The molecule has 3 heterocycles. The molecule has 0 amide bonds. The third kappa shape index (κ3) is 3.82. The van der Waals surface area contributed by atoms with Crippen LogP contribution in [0.4, 0.5) is 28.4 Å². The van der Waals surface area contributed by atoms with Gasteiger partial charge in [0.05, 0.1) is 23.0 Å². The SMILES string of the molecule is [O-][N+]1(c2ccc(-c3cnccn3)cc2)C2=CCNC=C2c2cc(N(c3ccccc3)c3ccccc3)ccc21. The van der Waals surface area contributed by atoms with Crippen molar-refractivity contribution in [3.05, 3.63) is 150 Å². The smallest absolute Gasteiger partial charge is 0.151 e. The number of allylic oxidation sites excluding steroid dienone is 1. The Balaban J connectivity index is 1.36. The molecule has 2 aliphatic heterocycles. The van der Waals surface area contributed by atoms with Gasteiger partial charge >= 0.3 is 0 Å². The third-order valence-corrected chi connectivity index (χ3v) is 7.26. The van der Waals surface area contributed by atoms with Crippen LogP contribution in [0.25, 0.3) is 16.8 Å². The molecule has 0 saturated heterocycles. The fourth-order valence-corrected chi connectivity index (χ4v) is 5.47. The fourth-order valence-electron chi connectivity index (χ4n) is 5.47. The van der Waals surface area contributed by atoms with Crippen LogP contribution in [0.5, 0.6) is 0 Å². The normalized spacial score (nSPS) is 17.4. The molecule has 0 radical (unpaired) electrons. The first kappa shape index (κ1) is 23.1. The van der Waals surface area contributed by atoms with E-state index in [0.717, 1.165) is 45.2 Å². The Morgan fingerprint density at radius 3 is 2.15 bits per heavy atom. The van der Waals surface area contributed by atoms with Gasteiger partial charge in [-0.2, -0.15) is 0 Å². The highest BCUT2D eigenvalue weighted by Gasteiger charge is 2.43. The molecule has 0 bridgehead atoms. The van der Waals surface area contributed by atoms with Crippen LogP contribution in [-0.2, 0) is 0 Å². The number of quaternary nitrogens is 1. The lowest BCUT2D eigenvalue weighted by Gasteiger charge is -2.39. The minimum absolute atomic E-state index is 0.611. The quantitative estimate of drug-likeness (QED) is 0.196. The van der Waals surface area contributed by atoms with Gasteiger partial charge in [0.1, 0.15) is 11.4 Å². The zero-order valence-corrected chi connectivity index (χ0v) is 21.1. The van der Waals surface area contributed by atoms with Crippen molar-refractivity contribution < 1.29 is 0 Å². The summed E-state index contributed by atoms with van der Waals surface area (Å²) >= 11 is 0. The molecule has 7 rings (SSSR count). The molecule has 6 heteroatoms. The molecule has 6 nitrogen and oxygen atoms in total. The summed E-state index contributed by atoms with van der Waals surface area (Å²) in [6, 6.07) is 34.4. The Morgan fingerprint density at radius 2 is 1.49 bits per heavy atom. The summed E-state index contributed by atoms with van der Waals surface area (Å²) in [5, 5.41) is 18.2. The van der Waals surface area contributed by atoms with Crippen molar-refractivity contribution in [3.63, 3.8) is 0 Å². The molecular formula is C33H25N5O. The van der Waals surface area contributed by atoms with Gasteiger partial charge in [-0.3, -0.25) is 14.6 Å². The van der Waals surface area contributed by atoms with Gasteiger partial charge in [0, 0.05) is 66.0 Å². The number of hydrogen-bond donors (Lipinski definition) is 1. The number of nitrogens with zero attached hydrogens (tertiary/aromatic N) is 4. The lowest BCUT2D eigenvalue weighted by molar-refractivity contribution is 0.653. The second kappa shape index (κ2) is 9.36. The fraction of sp³-hybridized carbons (Fsp3) is 0.0303. The van der Waals surface area contributed by atoms with Crippen LogP contribution < -0.4 is 14.9 Å². The maximum absolute atomic E-state index is 14.9. The number of anilines is 3. The van der Waals surface area contributed by atoms with Crippen molar-refractivity contribution in [1.82, 2.24) is 19.9 Å². The van der Waals surface area contributed by atoms with E-state index in [9.17, 15) is 5.21 Å². The van der Waals surface area contributed by atoms with Crippen molar-refractivity contribution in [2.45, 2.75) is 0 Å². The average molecular weight is 508 g/mol.